The number of fused-ring (bicyclic) bond motifs is 7. The molecule has 0 aromatic rings. The minimum atomic E-state index is -1.62. The first-order chi connectivity index (χ1) is 24.7. The molecule has 7 rings (SSSR count). The van der Waals surface area contributed by atoms with Crippen molar-refractivity contribution < 1.29 is 59.5 Å². The largest absolute Gasteiger partial charge is 0.481 e. The normalized spacial score (nSPS) is 55.1. The summed E-state index contributed by atoms with van der Waals surface area (Å²) in [6.07, 6.45) is -1.79. The summed E-state index contributed by atoms with van der Waals surface area (Å²) in [5.41, 5.74) is -0.239. The lowest BCUT2D eigenvalue weighted by Crippen LogP contribution is -2.67. The van der Waals surface area contributed by atoms with Crippen LogP contribution in [0.4, 0.5) is 0 Å². The molecule has 53 heavy (non-hydrogen) atoms. The van der Waals surface area contributed by atoms with Crippen LogP contribution in [0.2, 0.25) is 0 Å². The third kappa shape index (κ3) is 5.85. The maximum atomic E-state index is 13.0. The zero-order chi connectivity index (χ0) is 38.7. The summed E-state index contributed by atoms with van der Waals surface area (Å²) in [6.45, 7) is 15.1. The van der Waals surface area contributed by atoms with Gasteiger partial charge in [-0.2, -0.15) is 0 Å². The molecule has 0 aromatic heterocycles. The highest BCUT2D eigenvalue weighted by Crippen LogP contribution is 2.76. The van der Waals surface area contributed by atoms with Gasteiger partial charge in [-0.3, -0.25) is 4.79 Å². The third-order valence-electron chi connectivity index (χ3n) is 17.0. The van der Waals surface area contributed by atoms with Crippen LogP contribution in [0.15, 0.2) is 11.6 Å². The van der Waals surface area contributed by atoms with Crippen molar-refractivity contribution in [2.75, 3.05) is 13.2 Å². The Morgan fingerprint density at radius 3 is 2.21 bits per heavy atom. The van der Waals surface area contributed by atoms with Gasteiger partial charge in [0.25, 0.3) is 0 Å². The van der Waals surface area contributed by atoms with E-state index in [1.165, 1.54) is 12.5 Å². The van der Waals surface area contributed by atoms with Crippen molar-refractivity contribution in [3.05, 3.63) is 11.6 Å². The van der Waals surface area contributed by atoms with Crippen molar-refractivity contribution >= 4 is 5.97 Å². The Balaban J connectivity index is 1.15. The second kappa shape index (κ2) is 13.5. The predicted octanol–water partition coefficient (Wildman–Crippen LogP) is 3.52. The van der Waals surface area contributed by atoms with Gasteiger partial charge in [-0.25, -0.2) is 0 Å². The Kier molecular flexibility index (Phi) is 10.2. The Bertz CT molecular complexity index is 1440. The molecule has 0 radical (unpaired) electrons. The summed E-state index contributed by atoms with van der Waals surface area (Å²) in [5, 5.41) is 74.9. The number of ether oxygens (including phenoxy) is 4. The number of carboxylic acids is 1. The lowest BCUT2D eigenvalue weighted by molar-refractivity contribution is -0.365. The number of aliphatic carboxylic acids is 1. The van der Waals surface area contributed by atoms with Crippen LogP contribution in [0.3, 0.4) is 0 Å². The molecule has 0 unspecified atom stereocenters. The molecule has 0 spiro atoms. The monoisotopic (exact) mass is 750 g/mol. The second-order valence-corrected chi connectivity index (χ2v) is 20.0. The van der Waals surface area contributed by atoms with Gasteiger partial charge in [0.1, 0.15) is 36.6 Å². The van der Waals surface area contributed by atoms with Gasteiger partial charge < -0.3 is 54.7 Å². The lowest BCUT2D eigenvalue weighted by Gasteiger charge is -2.71. The molecule has 0 bridgehead atoms. The van der Waals surface area contributed by atoms with E-state index in [0.29, 0.717) is 18.8 Å². The summed E-state index contributed by atoms with van der Waals surface area (Å²) in [6, 6.07) is 0. The molecule has 2 saturated heterocycles. The molecule has 5 aliphatic carbocycles. The van der Waals surface area contributed by atoms with E-state index < -0.39 is 78.2 Å². The van der Waals surface area contributed by atoms with Crippen LogP contribution >= 0.6 is 0 Å². The van der Waals surface area contributed by atoms with Gasteiger partial charge in [0, 0.05) is 5.41 Å². The molecule has 0 amide bonds. The summed E-state index contributed by atoms with van der Waals surface area (Å²) in [4.78, 5) is 13.0. The highest BCUT2D eigenvalue weighted by molar-refractivity contribution is 5.76. The first-order valence-corrected chi connectivity index (χ1v) is 20.2. The molecule has 302 valence electrons. The van der Waals surface area contributed by atoms with Crippen molar-refractivity contribution in [2.24, 2.45) is 50.2 Å². The molecule has 4 saturated carbocycles. The van der Waals surface area contributed by atoms with Crippen LogP contribution in [0.1, 0.15) is 113 Å². The molecule has 12 nitrogen and oxygen atoms in total. The Hall–Kier alpha value is -1.19. The van der Waals surface area contributed by atoms with Gasteiger partial charge in [-0.05, 0) is 111 Å². The second-order valence-electron chi connectivity index (χ2n) is 20.0. The third-order valence-corrected chi connectivity index (χ3v) is 17.0. The van der Waals surface area contributed by atoms with E-state index in [1.807, 2.05) is 0 Å². The first-order valence-electron chi connectivity index (χ1n) is 20.2. The van der Waals surface area contributed by atoms with E-state index in [2.05, 4.69) is 47.6 Å². The molecule has 2 heterocycles. The molecular weight excluding hydrogens is 684 g/mol. The Morgan fingerprint density at radius 1 is 0.830 bits per heavy atom. The standard InChI is InChI=1S/C41H66O12/c1-21-28(44)30(46)31(47)33(51-21)53-32-29(45)24(43)19-50-34(32)52-27-11-12-37(4)25(38(27,5)20-42)10-13-40(7)26(37)9-8-22-23-18-36(2,3)14-16-41(23,35(48)49)17-15-39(22,40)6/h8,21,23-34,42-47H,9-20H2,1-7H3,(H,48,49)/t21-,23-,24+,25+,26+,27+,28+,29+,30-,31+,32+,33-,34+,37+,38-,39+,40+,41-/m0/s1. The average molecular weight is 751 g/mol. The maximum Gasteiger partial charge on any atom is 0.310 e. The number of carboxylic acid groups (broad SMARTS) is 1. The van der Waals surface area contributed by atoms with Crippen LogP contribution in [0.25, 0.3) is 0 Å². The van der Waals surface area contributed by atoms with E-state index in [4.69, 9.17) is 18.9 Å². The van der Waals surface area contributed by atoms with Gasteiger partial charge in [-0.15, -0.1) is 0 Å². The number of carbonyl (C=O) groups is 1. The van der Waals surface area contributed by atoms with Gasteiger partial charge in [0.2, 0.25) is 0 Å². The quantitative estimate of drug-likeness (QED) is 0.155. The average Bonchev–Trinajstić information content (AvgIpc) is 3.10. The van der Waals surface area contributed by atoms with Gasteiger partial charge in [-0.1, -0.05) is 53.2 Å². The van der Waals surface area contributed by atoms with Crippen LogP contribution in [-0.2, 0) is 23.7 Å². The van der Waals surface area contributed by atoms with Crippen LogP contribution in [0.5, 0.6) is 0 Å². The molecule has 7 N–H and O–H groups in total. The van der Waals surface area contributed by atoms with Crippen LogP contribution in [-0.4, -0.2) is 116 Å². The van der Waals surface area contributed by atoms with Crippen molar-refractivity contribution in [1.29, 1.82) is 0 Å². The Morgan fingerprint density at radius 2 is 1.53 bits per heavy atom. The number of aliphatic hydroxyl groups excluding tert-OH is 6. The summed E-state index contributed by atoms with van der Waals surface area (Å²) in [5.74, 6) is -0.194. The highest BCUT2D eigenvalue weighted by Gasteiger charge is 2.70. The molecular formula is C41H66O12. The van der Waals surface area contributed by atoms with Gasteiger partial charge >= 0.3 is 5.97 Å². The zero-order valence-electron chi connectivity index (χ0n) is 32.7. The first kappa shape index (κ1) is 40.0. The molecule has 2 aliphatic heterocycles. The van der Waals surface area contributed by atoms with Crippen molar-refractivity contribution in [3.63, 3.8) is 0 Å². The molecule has 7 aliphatic rings. The van der Waals surface area contributed by atoms with Crippen LogP contribution in [0, 0.1) is 50.2 Å². The Labute approximate surface area is 314 Å². The van der Waals surface area contributed by atoms with Crippen molar-refractivity contribution in [1.82, 2.24) is 0 Å². The van der Waals surface area contributed by atoms with Gasteiger partial charge in [0.15, 0.2) is 12.6 Å². The van der Waals surface area contributed by atoms with E-state index in [0.717, 1.165) is 51.4 Å². The predicted molar refractivity (Wildman–Crippen MR) is 192 cm³/mol. The lowest BCUT2D eigenvalue weighted by atomic mass is 9.33. The van der Waals surface area contributed by atoms with Crippen LogP contribution < -0.4 is 0 Å². The van der Waals surface area contributed by atoms with E-state index in [9.17, 15) is 40.5 Å². The minimum absolute atomic E-state index is 0.0360. The number of hydrogen-bond acceptors (Lipinski definition) is 11. The highest BCUT2D eigenvalue weighted by atomic mass is 16.8. The number of hydrogen-bond donors (Lipinski definition) is 7. The molecule has 18 atom stereocenters. The number of aliphatic hydroxyl groups is 6. The fourth-order valence-electron chi connectivity index (χ4n) is 13.3. The van der Waals surface area contributed by atoms with Crippen molar-refractivity contribution in [2.45, 2.75) is 174 Å². The zero-order valence-corrected chi connectivity index (χ0v) is 32.7. The summed E-state index contributed by atoms with van der Waals surface area (Å²) < 4.78 is 24.3. The summed E-state index contributed by atoms with van der Waals surface area (Å²) >= 11 is 0. The molecule has 12 heteroatoms. The fourth-order valence-corrected chi connectivity index (χ4v) is 13.3. The van der Waals surface area contributed by atoms with Crippen molar-refractivity contribution in [3.8, 4) is 0 Å². The van der Waals surface area contributed by atoms with E-state index in [-0.39, 0.29) is 46.7 Å². The topological polar surface area (TPSA) is 196 Å². The van der Waals surface area contributed by atoms with E-state index >= 15 is 0 Å². The maximum absolute atomic E-state index is 13.0. The molecule has 6 fully saturated rings. The SMILES string of the molecule is C[C@@H]1O[C@@H](O[C@H]2[C@@H](O[C@@H]3CC[C@]4(C)[C@@H](CC[C@]5(C)[C@@H]4CC=C4[C@@H]6CC(C)(C)CC[C@]6(C(=O)O)CC[C@]45C)[C@]3(C)CO)OC[C@@H](O)[C@H]2O)[C@H](O)[C@@H](O)[C@@H]1O. The number of rotatable bonds is 6. The summed E-state index contributed by atoms with van der Waals surface area (Å²) in [7, 11) is 0. The minimum Gasteiger partial charge on any atom is -0.481 e. The van der Waals surface area contributed by atoms with E-state index in [1.54, 1.807) is 0 Å². The molecule has 0 aromatic carbocycles. The van der Waals surface area contributed by atoms with Gasteiger partial charge in [0.05, 0.1) is 30.8 Å². The number of allylic oxidation sites excluding steroid dienone is 2. The smallest absolute Gasteiger partial charge is 0.310 e. The fraction of sp³-hybridized carbons (Fsp3) is 0.927.